The molecule has 8 heteroatoms. The van der Waals surface area contributed by atoms with Crippen molar-refractivity contribution in [1.82, 2.24) is 19.8 Å². The third-order valence-corrected chi connectivity index (χ3v) is 7.72. The van der Waals surface area contributed by atoms with Crippen LogP contribution in [0.2, 0.25) is 0 Å². The number of aromatic nitrogens is 2. The molecule has 0 aliphatic carbocycles. The van der Waals surface area contributed by atoms with Crippen molar-refractivity contribution in [1.29, 1.82) is 5.26 Å². The van der Waals surface area contributed by atoms with Gasteiger partial charge in [-0.25, -0.2) is 4.98 Å². The fourth-order valence-corrected chi connectivity index (χ4v) is 5.46. The fraction of sp³-hybridized carbons (Fsp3) is 0.419. The summed E-state index contributed by atoms with van der Waals surface area (Å²) < 4.78 is 8.41. The zero-order valence-corrected chi connectivity index (χ0v) is 23.3. The average Bonchev–Trinajstić information content (AvgIpc) is 3.19. The molecule has 1 fully saturated rings. The van der Waals surface area contributed by atoms with Gasteiger partial charge in [-0.15, -0.1) is 0 Å². The number of nitriles is 1. The van der Waals surface area contributed by atoms with Gasteiger partial charge in [0.05, 0.1) is 11.0 Å². The first-order chi connectivity index (χ1) is 18.8. The zero-order chi connectivity index (χ0) is 28.0. The van der Waals surface area contributed by atoms with Crippen molar-refractivity contribution < 1.29 is 14.3 Å². The average molecular weight is 528 g/mol. The SMILES string of the molecule is CCC1(c2cccc(Oc3cc(Cn4c(CCNC(C)=O)cnc4C)ccc3C#N)c2)CCCCN(C)C1=O. The molecule has 2 amide bonds. The number of benzene rings is 2. The predicted molar refractivity (Wildman–Crippen MR) is 150 cm³/mol. The third kappa shape index (κ3) is 6.14. The highest BCUT2D eigenvalue weighted by Crippen LogP contribution is 2.39. The maximum atomic E-state index is 13.4. The molecule has 1 aromatic heterocycles. The third-order valence-electron chi connectivity index (χ3n) is 7.72. The predicted octanol–water partition coefficient (Wildman–Crippen LogP) is 4.87. The highest BCUT2D eigenvalue weighted by Gasteiger charge is 2.41. The topological polar surface area (TPSA) is 100 Å². The number of nitrogens with zero attached hydrogens (tertiary/aromatic N) is 4. The molecule has 0 saturated carbocycles. The first-order valence-corrected chi connectivity index (χ1v) is 13.6. The van der Waals surface area contributed by atoms with E-state index in [0.717, 1.165) is 48.5 Å². The summed E-state index contributed by atoms with van der Waals surface area (Å²) in [7, 11) is 1.89. The van der Waals surface area contributed by atoms with Crippen LogP contribution >= 0.6 is 0 Å². The Labute approximate surface area is 230 Å². The Morgan fingerprint density at radius 1 is 1.23 bits per heavy atom. The number of rotatable bonds is 9. The zero-order valence-electron chi connectivity index (χ0n) is 23.3. The molecule has 1 saturated heterocycles. The van der Waals surface area contributed by atoms with Crippen LogP contribution in [0.1, 0.15) is 67.7 Å². The fourth-order valence-electron chi connectivity index (χ4n) is 5.46. The number of hydrogen-bond acceptors (Lipinski definition) is 5. The molecule has 3 aromatic rings. The minimum atomic E-state index is -0.572. The van der Waals surface area contributed by atoms with Gasteiger partial charge in [0.25, 0.3) is 0 Å². The van der Waals surface area contributed by atoms with Crippen molar-refractivity contribution in [2.45, 2.75) is 64.8 Å². The van der Waals surface area contributed by atoms with Crippen LogP contribution in [0.4, 0.5) is 0 Å². The van der Waals surface area contributed by atoms with E-state index >= 15 is 0 Å². The lowest BCUT2D eigenvalue weighted by Crippen LogP contribution is -2.43. The summed E-state index contributed by atoms with van der Waals surface area (Å²) in [5, 5.41) is 12.6. The number of carbonyl (C=O) groups excluding carboxylic acids is 2. The Balaban J connectivity index is 1.60. The van der Waals surface area contributed by atoms with E-state index in [4.69, 9.17) is 4.74 Å². The molecule has 1 N–H and O–H groups in total. The molecule has 204 valence electrons. The van der Waals surface area contributed by atoms with Gasteiger partial charge in [0.15, 0.2) is 0 Å². The van der Waals surface area contributed by atoms with E-state index in [1.807, 2.05) is 61.5 Å². The molecule has 39 heavy (non-hydrogen) atoms. The Hall–Kier alpha value is -4.12. The molecule has 2 aromatic carbocycles. The first kappa shape index (κ1) is 27.9. The van der Waals surface area contributed by atoms with Crippen molar-refractivity contribution >= 4 is 11.8 Å². The minimum Gasteiger partial charge on any atom is -0.456 e. The van der Waals surface area contributed by atoms with Crippen molar-refractivity contribution in [2.24, 2.45) is 0 Å². The van der Waals surface area contributed by atoms with Crippen LogP contribution in [0.15, 0.2) is 48.7 Å². The summed E-state index contributed by atoms with van der Waals surface area (Å²) in [6.07, 6.45) is 6.02. The molecule has 0 spiro atoms. The highest BCUT2D eigenvalue weighted by atomic mass is 16.5. The van der Waals surface area contributed by atoms with Crippen molar-refractivity contribution in [3.05, 3.63) is 76.9 Å². The molecule has 1 atom stereocenters. The van der Waals surface area contributed by atoms with E-state index in [0.29, 0.717) is 43.0 Å². The van der Waals surface area contributed by atoms with Gasteiger partial charge >= 0.3 is 0 Å². The molecule has 0 bridgehead atoms. The van der Waals surface area contributed by atoms with E-state index in [-0.39, 0.29) is 11.8 Å². The van der Waals surface area contributed by atoms with Crippen molar-refractivity contribution in [3.8, 4) is 17.6 Å². The molecular formula is C31H37N5O3. The van der Waals surface area contributed by atoms with E-state index in [2.05, 4.69) is 27.9 Å². The molecule has 1 aliphatic heterocycles. The molecule has 0 radical (unpaired) electrons. The summed E-state index contributed by atoms with van der Waals surface area (Å²) in [6.45, 7) is 7.40. The van der Waals surface area contributed by atoms with Gasteiger partial charge in [-0.05, 0) is 61.6 Å². The summed E-state index contributed by atoms with van der Waals surface area (Å²) in [5.41, 5.74) is 2.80. The van der Waals surface area contributed by atoms with Crippen LogP contribution in [-0.4, -0.2) is 46.4 Å². The van der Waals surface area contributed by atoms with E-state index < -0.39 is 5.41 Å². The summed E-state index contributed by atoms with van der Waals surface area (Å²) >= 11 is 0. The number of carbonyl (C=O) groups is 2. The van der Waals surface area contributed by atoms with Gasteiger partial charge in [-0.1, -0.05) is 31.5 Å². The lowest BCUT2D eigenvalue weighted by atomic mass is 9.73. The van der Waals surface area contributed by atoms with E-state index in [1.165, 1.54) is 6.92 Å². The van der Waals surface area contributed by atoms with Gasteiger partial charge in [0.1, 0.15) is 23.4 Å². The van der Waals surface area contributed by atoms with Crippen LogP contribution < -0.4 is 10.1 Å². The van der Waals surface area contributed by atoms with Gasteiger partial charge in [-0.2, -0.15) is 5.26 Å². The number of imidazole rings is 1. The number of likely N-dealkylation sites (N-methyl/N-ethyl adjacent to an activating group) is 1. The number of amides is 2. The molecule has 4 rings (SSSR count). The maximum absolute atomic E-state index is 13.4. The van der Waals surface area contributed by atoms with E-state index in [1.54, 1.807) is 6.07 Å². The number of aryl methyl sites for hydroxylation is 1. The second-order valence-electron chi connectivity index (χ2n) is 10.3. The number of nitrogens with one attached hydrogen (secondary N) is 1. The van der Waals surface area contributed by atoms with Crippen molar-refractivity contribution in [3.63, 3.8) is 0 Å². The van der Waals surface area contributed by atoms with E-state index in [9.17, 15) is 14.9 Å². The number of hydrogen-bond donors (Lipinski definition) is 1. The summed E-state index contributed by atoms with van der Waals surface area (Å²) in [4.78, 5) is 31.0. The van der Waals surface area contributed by atoms with Crippen molar-refractivity contribution in [2.75, 3.05) is 20.1 Å². The monoisotopic (exact) mass is 527 g/mol. The lowest BCUT2D eigenvalue weighted by molar-refractivity contribution is -0.135. The Morgan fingerprint density at radius 3 is 2.79 bits per heavy atom. The van der Waals surface area contributed by atoms with Gasteiger partial charge in [-0.3, -0.25) is 9.59 Å². The molecule has 1 unspecified atom stereocenters. The largest absolute Gasteiger partial charge is 0.456 e. The molecule has 2 heterocycles. The minimum absolute atomic E-state index is 0.0592. The second-order valence-corrected chi connectivity index (χ2v) is 10.3. The van der Waals surface area contributed by atoms with Gasteiger partial charge < -0.3 is 19.5 Å². The standard InChI is InChI=1S/C31H37N5O3/c1-5-31(14-6-7-16-35(4)30(31)38)26-9-8-10-28(18-26)39-29-17-24(11-12-25(29)19-32)21-36-22(2)34-20-27(36)13-15-33-23(3)37/h8-12,17-18,20H,5-7,13-16,21H2,1-4H3,(H,33,37). The first-order valence-electron chi connectivity index (χ1n) is 13.6. The summed E-state index contributed by atoms with van der Waals surface area (Å²) in [6, 6.07) is 15.6. The Kier molecular flexibility index (Phi) is 8.70. The number of likely N-dealkylation sites (tertiary alicyclic amines) is 1. The quantitative estimate of drug-likeness (QED) is 0.428. The van der Waals surface area contributed by atoms with Crippen LogP contribution in [0.25, 0.3) is 0 Å². The van der Waals surface area contributed by atoms with Crippen LogP contribution in [0, 0.1) is 18.3 Å². The van der Waals surface area contributed by atoms with Gasteiger partial charge in [0.2, 0.25) is 11.8 Å². The highest BCUT2D eigenvalue weighted by molar-refractivity contribution is 5.88. The molecule has 8 nitrogen and oxygen atoms in total. The Bertz CT molecular complexity index is 1390. The second kappa shape index (κ2) is 12.2. The smallest absolute Gasteiger partial charge is 0.232 e. The molecular weight excluding hydrogens is 490 g/mol. The number of ether oxygens (including phenoxy) is 1. The normalized spacial score (nSPS) is 17.4. The van der Waals surface area contributed by atoms with Crippen LogP contribution in [0.5, 0.6) is 11.5 Å². The Morgan fingerprint density at radius 2 is 2.05 bits per heavy atom. The van der Waals surface area contributed by atoms with Crippen LogP contribution in [-0.2, 0) is 28.0 Å². The van der Waals surface area contributed by atoms with Crippen LogP contribution in [0.3, 0.4) is 0 Å². The molecule has 1 aliphatic rings. The lowest BCUT2D eigenvalue weighted by Gasteiger charge is -2.33. The van der Waals surface area contributed by atoms with Gasteiger partial charge in [0, 0.05) is 51.9 Å². The maximum Gasteiger partial charge on any atom is 0.232 e. The summed E-state index contributed by atoms with van der Waals surface area (Å²) in [5.74, 6) is 2.04.